The molecule has 0 atom stereocenters. The summed E-state index contributed by atoms with van der Waals surface area (Å²) in [5, 5.41) is 6.59. The van der Waals surface area contributed by atoms with Crippen molar-refractivity contribution in [1.29, 1.82) is 0 Å². The first-order valence-electron chi connectivity index (χ1n) is 5.89. The van der Waals surface area contributed by atoms with E-state index in [-0.39, 0.29) is 0 Å². The topological polar surface area (TPSA) is 45.6 Å². The summed E-state index contributed by atoms with van der Waals surface area (Å²) in [4.78, 5) is 4.16. The smallest absolute Gasteiger partial charge is 0.190 e. The van der Waals surface area contributed by atoms with E-state index >= 15 is 0 Å². The molecule has 0 spiro atoms. The Balaban J connectivity index is 1.95. The molecule has 0 aliphatic heterocycles. The van der Waals surface area contributed by atoms with Gasteiger partial charge < -0.3 is 15.4 Å². The molecule has 0 aromatic rings. The molecule has 4 heteroatoms. The quantitative estimate of drug-likeness (QED) is 0.376. The van der Waals surface area contributed by atoms with Crippen LogP contribution >= 0.6 is 0 Å². The normalized spacial score (nSPS) is 16.5. The van der Waals surface area contributed by atoms with Crippen LogP contribution in [-0.4, -0.2) is 39.3 Å². The van der Waals surface area contributed by atoms with Gasteiger partial charge in [-0.3, -0.25) is 4.99 Å². The Kier molecular flexibility index (Phi) is 6.16. The van der Waals surface area contributed by atoms with Crippen LogP contribution in [0.1, 0.15) is 26.2 Å². The number of aliphatic imine (C=N–C) groups is 1. The van der Waals surface area contributed by atoms with E-state index in [4.69, 9.17) is 4.74 Å². The van der Waals surface area contributed by atoms with Crippen molar-refractivity contribution < 1.29 is 4.74 Å². The summed E-state index contributed by atoms with van der Waals surface area (Å²) in [6.45, 7) is 5.62. The van der Waals surface area contributed by atoms with E-state index in [1.165, 1.54) is 12.8 Å². The maximum absolute atomic E-state index is 5.26. The van der Waals surface area contributed by atoms with Crippen molar-refractivity contribution in [2.24, 2.45) is 10.9 Å². The Bertz CT molecular complexity index is 190. The summed E-state index contributed by atoms with van der Waals surface area (Å²) in [6.07, 6.45) is 3.76. The van der Waals surface area contributed by atoms with Gasteiger partial charge in [-0.05, 0) is 32.1 Å². The number of nitrogens with one attached hydrogen (secondary N) is 2. The van der Waals surface area contributed by atoms with Crippen molar-refractivity contribution >= 4 is 5.96 Å². The van der Waals surface area contributed by atoms with Gasteiger partial charge in [-0.15, -0.1) is 0 Å². The molecular weight excluding hydrogens is 190 g/mol. The Morgan fingerprint density at radius 2 is 2.20 bits per heavy atom. The maximum Gasteiger partial charge on any atom is 0.190 e. The van der Waals surface area contributed by atoms with Crippen LogP contribution in [0.25, 0.3) is 0 Å². The van der Waals surface area contributed by atoms with Gasteiger partial charge in [0.1, 0.15) is 0 Å². The Labute approximate surface area is 92.5 Å². The van der Waals surface area contributed by atoms with Crippen molar-refractivity contribution in [3.8, 4) is 0 Å². The first-order chi connectivity index (χ1) is 7.36. The van der Waals surface area contributed by atoms with Gasteiger partial charge in [-0.1, -0.05) is 0 Å². The van der Waals surface area contributed by atoms with Gasteiger partial charge in [0.15, 0.2) is 5.96 Å². The number of hydrogen-bond acceptors (Lipinski definition) is 2. The zero-order valence-electron chi connectivity index (χ0n) is 9.88. The molecule has 0 heterocycles. The van der Waals surface area contributed by atoms with Crippen molar-refractivity contribution in [2.75, 3.05) is 33.4 Å². The fourth-order valence-electron chi connectivity index (χ4n) is 1.31. The lowest BCUT2D eigenvalue weighted by molar-refractivity contribution is 0.145. The molecule has 0 radical (unpaired) electrons. The second-order valence-electron chi connectivity index (χ2n) is 3.87. The van der Waals surface area contributed by atoms with Gasteiger partial charge in [0.2, 0.25) is 0 Å². The van der Waals surface area contributed by atoms with E-state index < -0.39 is 0 Å². The van der Waals surface area contributed by atoms with Crippen molar-refractivity contribution in [1.82, 2.24) is 10.6 Å². The van der Waals surface area contributed by atoms with Crippen molar-refractivity contribution in [3.05, 3.63) is 0 Å². The predicted octanol–water partition coefficient (Wildman–Crippen LogP) is 0.988. The first kappa shape index (κ1) is 12.3. The summed E-state index contributed by atoms with van der Waals surface area (Å²) in [6, 6.07) is 0. The largest absolute Gasteiger partial charge is 0.382 e. The summed E-state index contributed by atoms with van der Waals surface area (Å²) in [5.74, 6) is 1.80. The molecule has 1 aliphatic rings. The highest BCUT2D eigenvalue weighted by atomic mass is 16.5. The average molecular weight is 213 g/mol. The predicted molar refractivity (Wildman–Crippen MR) is 63.2 cm³/mol. The molecule has 0 aromatic carbocycles. The number of ether oxygens (including phenoxy) is 1. The molecule has 1 rings (SSSR count). The monoisotopic (exact) mass is 213 g/mol. The second kappa shape index (κ2) is 7.51. The second-order valence-corrected chi connectivity index (χ2v) is 3.87. The Morgan fingerprint density at radius 1 is 1.40 bits per heavy atom. The van der Waals surface area contributed by atoms with Gasteiger partial charge in [-0.2, -0.15) is 0 Å². The molecule has 0 aromatic heterocycles. The molecule has 0 saturated heterocycles. The van der Waals surface area contributed by atoms with Crippen LogP contribution in [0.4, 0.5) is 0 Å². The van der Waals surface area contributed by atoms with Crippen LogP contribution in [0, 0.1) is 5.92 Å². The lowest BCUT2D eigenvalue weighted by Crippen LogP contribution is -2.39. The Hall–Kier alpha value is -0.770. The van der Waals surface area contributed by atoms with Gasteiger partial charge >= 0.3 is 0 Å². The molecule has 2 N–H and O–H groups in total. The highest BCUT2D eigenvalue weighted by Crippen LogP contribution is 2.27. The van der Waals surface area contributed by atoms with Crippen LogP contribution in [0.5, 0.6) is 0 Å². The molecule has 1 aliphatic carbocycles. The van der Waals surface area contributed by atoms with E-state index in [0.29, 0.717) is 0 Å². The molecule has 4 nitrogen and oxygen atoms in total. The van der Waals surface area contributed by atoms with Crippen LogP contribution in [-0.2, 0) is 4.74 Å². The standard InChI is InChI=1S/C11H23N3O/c1-3-15-8-4-7-13-11(12-2)14-9-10-5-6-10/h10H,3-9H2,1-2H3,(H2,12,13,14). The fraction of sp³-hybridized carbons (Fsp3) is 0.909. The minimum atomic E-state index is 0.800. The molecular formula is C11H23N3O. The van der Waals surface area contributed by atoms with E-state index in [1.54, 1.807) is 0 Å². The summed E-state index contributed by atoms with van der Waals surface area (Å²) in [7, 11) is 1.81. The van der Waals surface area contributed by atoms with Crippen molar-refractivity contribution in [2.45, 2.75) is 26.2 Å². The van der Waals surface area contributed by atoms with Gasteiger partial charge in [0.05, 0.1) is 0 Å². The number of nitrogens with zero attached hydrogens (tertiary/aromatic N) is 1. The fourth-order valence-corrected chi connectivity index (χ4v) is 1.31. The van der Waals surface area contributed by atoms with Crippen LogP contribution in [0.15, 0.2) is 4.99 Å². The highest BCUT2D eigenvalue weighted by Gasteiger charge is 2.20. The lowest BCUT2D eigenvalue weighted by Gasteiger charge is -2.11. The summed E-state index contributed by atoms with van der Waals surface area (Å²) in [5.41, 5.74) is 0. The number of guanidine groups is 1. The van der Waals surface area contributed by atoms with Crippen LogP contribution in [0.3, 0.4) is 0 Å². The van der Waals surface area contributed by atoms with Gasteiger partial charge in [-0.25, -0.2) is 0 Å². The van der Waals surface area contributed by atoms with E-state index in [1.807, 2.05) is 14.0 Å². The molecule has 88 valence electrons. The van der Waals surface area contributed by atoms with E-state index in [0.717, 1.165) is 44.6 Å². The molecule has 15 heavy (non-hydrogen) atoms. The molecule has 0 amide bonds. The summed E-state index contributed by atoms with van der Waals surface area (Å²) < 4.78 is 5.26. The van der Waals surface area contributed by atoms with Gasteiger partial charge in [0.25, 0.3) is 0 Å². The zero-order chi connectivity index (χ0) is 10.9. The lowest BCUT2D eigenvalue weighted by atomic mass is 10.4. The van der Waals surface area contributed by atoms with Gasteiger partial charge in [0, 0.05) is 33.4 Å². The minimum absolute atomic E-state index is 0.800. The molecule has 0 unspecified atom stereocenters. The molecule has 0 bridgehead atoms. The number of rotatable bonds is 7. The van der Waals surface area contributed by atoms with E-state index in [9.17, 15) is 0 Å². The SMILES string of the molecule is CCOCCCNC(=NC)NCC1CC1. The summed E-state index contributed by atoms with van der Waals surface area (Å²) >= 11 is 0. The molecule has 1 saturated carbocycles. The average Bonchev–Trinajstić information content (AvgIpc) is 3.06. The first-order valence-corrected chi connectivity index (χ1v) is 5.89. The van der Waals surface area contributed by atoms with Crippen LogP contribution in [0.2, 0.25) is 0 Å². The van der Waals surface area contributed by atoms with Crippen molar-refractivity contribution in [3.63, 3.8) is 0 Å². The highest BCUT2D eigenvalue weighted by molar-refractivity contribution is 5.79. The number of hydrogen-bond donors (Lipinski definition) is 2. The minimum Gasteiger partial charge on any atom is -0.382 e. The zero-order valence-corrected chi connectivity index (χ0v) is 9.88. The third-order valence-electron chi connectivity index (χ3n) is 2.44. The maximum atomic E-state index is 5.26. The Morgan fingerprint density at radius 3 is 2.80 bits per heavy atom. The third kappa shape index (κ3) is 6.33. The molecule has 1 fully saturated rings. The third-order valence-corrected chi connectivity index (χ3v) is 2.44. The van der Waals surface area contributed by atoms with E-state index in [2.05, 4.69) is 15.6 Å². The van der Waals surface area contributed by atoms with Crippen LogP contribution < -0.4 is 10.6 Å².